The third kappa shape index (κ3) is 5.94. The number of hydrogen-bond acceptors (Lipinski definition) is 1. The molecule has 0 radical (unpaired) electrons. The number of rotatable bonds is 4. The molecule has 0 aliphatic heterocycles. The molecule has 23 heavy (non-hydrogen) atoms. The molecule has 1 N–H and O–H groups in total. The van der Waals surface area contributed by atoms with Crippen molar-refractivity contribution in [3.8, 4) is 0 Å². The molecule has 2 aliphatic carbocycles. The van der Waals surface area contributed by atoms with Gasteiger partial charge in [0.1, 0.15) is 0 Å². The van der Waals surface area contributed by atoms with Gasteiger partial charge in [-0.1, -0.05) is 36.8 Å². The SMILES string of the molecule is C[CH]=[Zr+2].OCCCC1=CC(C2=[C-]C=CC2)c2ccccc21.[Cl-].[Cl-]. The molecule has 1 aromatic rings. The minimum absolute atomic E-state index is 0. The predicted octanol–water partition coefficient (Wildman–Crippen LogP) is -2.01. The van der Waals surface area contributed by atoms with Gasteiger partial charge in [0.2, 0.25) is 0 Å². The van der Waals surface area contributed by atoms with Gasteiger partial charge in [-0.3, -0.25) is 6.08 Å². The van der Waals surface area contributed by atoms with Crippen molar-refractivity contribution < 1.29 is 54.2 Å². The molecule has 0 saturated heterocycles. The van der Waals surface area contributed by atoms with Crippen LogP contribution in [0.4, 0.5) is 0 Å². The van der Waals surface area contributed by atoms with E-state index in [-0.39, 0.29) is 31.4 Å². The first-order valence-electron chi connectivity index (χ1n) is 7.45. The number of aliphatic hydroxyl groups excluding tert-OH is 1. The van der Waals surface area contributed by atoms with Gasteiger partial charge < -0.3 is 29.9 Å². The number of allylic oxidation sites excluding steroid dienone is 6. The summed E-state index contributed by atoms with van der Waals surface area (Å²) in [7, 11) is 0. The van der Waals surface area contributed by atoms with E-state index in [1.807, 2.05) is 13.0 Å². The van der Waals surface area contributed by atoms with Crippen LogP contribution in [0.1, 0.15) is 43.2 Å². The maximum absolute atomic E-state index is 9.00. The molecule has 0 heterocycles. The van der Waals surface area contributed by atoms with Crippen molar-refractivity contribution in [2.24, 2.45) is 0 Å². The van der Waals surface area contributed by atoms with Crippen molar-refractivity contribution in [1.82, 2.24) is 0 Å². The molecule has 0 amide bonds. The largest absolute Gasteiger partial charge is 1.00 e. The van der Waals surface area contributed by atoms with Crippen LogP contribution in [0.5, 0.6) is 0 Å². The summed E-state index contributed by atoms with van der Waals surface area (Å²) < 4.78 is 2.09. The first kappa shape index (κ1) is 22.7. The van der Waals surface area contributed by atoms with Gasteiger partial charge in [-0.25, -0.2) is 12.2 Å². The number of benzene rings is 1. The smallest absolute Gasteiger partial charge is 0.0434 e. The molecular weight excluding hydrogens is 406 g/mol. The van der Waals surface area contributed by atoms with Crippen molar-refractivity contribution in [3.63, 3.8) is 0 Å². The summed E-state index contributed by atoms with van der Waals surface area (Å²) in [6.07, 6.45) is 12.7. The summed E-state index contributed by atoms with van der Waals surface area (Å²) in [5, 5.41) is 9.00. The van der Waals surface area contributed by atoms with Crippen LogP contribution in [0, 0.1) is 6.08 Å². The second-order valence-electron chi connectivity index (χ2n) is 5.15. The zero-order valence-electron chi connectivity index (χ0n) is 13.2. The van der Waals surface area contributed by atoms with E-state index in [0.29, 0.717) is 5.92 Å². The monoisotopic (exact) mass is 425 g/mol. The van der Waals surface area contributed by atoms with Gasteiger partial charge in [-0.15, -0.1) is 0 Å². The minimum atomic E-state index is 0. The standard InChI is InChI=1S/C17H17O.C2H4.2ClH.Zr/c18-11-5-8-14-12-17(13-6-1-2-7-13)16-10-4-3-9-15(14)16;1-2;;;/h1-4,9-10,12,17-18H,5-6,8,11H2;1H,2H3;2*1H;/q-1;;;;+2/p-2. The Kier molecular flexibility index (Phi) is 12.0. The van der Waals surface area contributed by atoms with E-state index in [2.05, 4.69) is 46.2 Å². The van der Waals surface area contributed by atoms with E-state index < -0.39 is 0 Å². The maximum atomic E-state index is 9.00. The van der Waals surface area contributed by atoms with Crippen LogP contribution in [0.15, 0.2) is 48.1 Å². The Morgan fingerprint density at radius 3 is 2.61 bits per heavy atom. The van der Waals surface area contributed by atoms with Crippen LogP contribution in [0.2, 0.25) is 0 Å². The average Bonchev–Trinajstić information content (AvgIpc) is 3.13. The van der Waals surface area contributed by atoms with Crippen LogP contribution >= 0.6 is 0 Å². The number of halogens is 2. The van der Waals surface area contributed by atoms with Crippen molar-refractivity contribution in [3.05, 3.63) is 65.3 Å². The quantitative estimate of drug-likeness (QED) is 0.551. The van der Waals surface area contributed by atoms with E-state index in [0.717, 1.165) is 19.3 Å². The van der Waals surface area contributed by atoms with Gasteiger partial charge in [0, 0.05) is 12.5 Å². The van der Waals surface area contributed by atoms with E-state index in [1.165, 1.54) is 46.5 Å². The van der Waals surface area contributed by atoms with Gasteiger partial charge in [0.25, 0.3) is 0 Å². The number of hydrogen-bond donors (Lipinski definition) is 1. The molecule has 2 aliphatic rings. The molecule has 122 valence electrons. The number of fused-ring (bicyclic) bond motifs is 1. The number of aliphatic hydroxyl groups is 1. The molecular formula is C19H21Cl2OZr-. The van der Waals surface area contributed by atoms with Crippen molar-refractivity contribution in [2.75, 3.05) is 6.61 Å². The second kappa shape index (κ2) is 12.1. The molecule has 0 fully saturated rings. The Morgan fingerprint density at radius 2 is 2.00 bits per heavy atom. The molecule has 0 saturated carbocycles. The van der Waals surface area contributed by atoms with Gasteiger partial charge in [-0.2, -0.15) is 5.57 Å². The molecule has 1 aromatic carbocycles. The molecule has 1 nitrogen and oxygen atoms in total. The zero-order chi connectivity index (χ0) is 15.1. The third-order valence-electron chi connectivity index (χ3n) is 3.71. The third-order valence-corrected chi connectivity index (χ3v) is 3.71. The fraction of sp³-hybridized carbons (Fsp3) is 0.316. The minimum Gasteiger partial charge on any atom is -1.00 e. The summed E-state index contributed by atoms with van der Waals surface area (Å²) in [6.45, 7) is 2.30. The van der Waals surface area contributed by atoms with Crippen molar-refractivity contribution >= 4 is 9.28 Å². The predicted molar refractivity (Wildman–Crippen MR) is 85.7 cm³/mol. The molecule has 3 rings (SSSR count). The topological polar surface area (TPSA) is 20.2 Å². The van der Waals surface area contributed by atoms with E-state index >= 15 is 0 Å². The van der Waals surface area contributed by atoms with Gasteiger partial charge in [-0.05, 0) is 29.5 Å². The second-order valence-corrected chi connectivity index (χ2v) is 6.57. The molecule has 0 spiro atoms. The summed E-state index contributed by atoms with van der Waals surface area (Å²) in [4.78, 5) is 0. The normalized spacial score (nSPS) is 17.0. The van der Waals surface area contributed by atoms with E-state index in [1.54, 1.807) is 0 Å². The van der Waals surface area contributed by atoms with E-state index in [9.17, 15) is 0 Å². The molecule has 0 aromatic heterocycles. The Bertz CT molecular complexity index is 591. The maximum Gasteiger partial charge on any atom is 0.0434 e. The van der Waals surface area contributed by atoms with Gasteiger partial charge in [0.05, 0.1) is 0 Å². The van der Waals surface area contributed by atoms with Crippen LogP contribution in [0.3, 0.4) is 0 Å². The molecule has 1 unspecified atom stereocenters. The fourth-order valence-electron chi connectivity index (χ4n) is 2.84. The van der Waals surface area contributed by atoms with E-state index in [4.69, 9.17) is 5.11 Å². The van der Waals surface area contributed by atoms with Crippen LogP contribution in [-0.4, -0.2) is 15.4 Å². The van der Waals surface area contributed by atoms with Gasteiger partial charge >= 0.3 is 34.9 Å². The van der Waals surface area contributed by atoms with Crippen LogP contribution < -0.4 is 24.8 Å². The molecule has 4 heteroatoms. The Hall–Kier alpha value is -0.267. The Morgan fingerprint density at radius 1 is 1.30 bits per heavy atom. The fourth-order valence-corrected chi connectivity index (χ4v) is 2.84. The Balaban J connectivity index is 0.000000902. The zero-order valence-corrected chi connectivity index (χ0v) is 17.2. The Labute approximate surface area is 166 Å². The molecule has 0 bridgehead atoms. The van der Waals surface area contributed by atoms with Crippen LogP contribution in [0.25, 0.3) is 5.57 Å². The van der Waals surface area contributed by atoms with Crippen molar-refractivity contribution in [2.45, 2.75) is 32.1 Å². The summed E-state index contributed by atoms with van der Waals surface area (Å²) in [5.74, 6) is 0.393. The van der Waals surface area contributed by atoms with Gasteiger partial charge in [0.15, 0.2) is 0 Å². The summed E-state index contributed by atoms with van der Waals surface area (Å²) >= 11 is 1.51. The van der Waals surface area contributed by atoms with Crippen LogP contribution in [-0.2, 0) is 24.2 Å². The first-order chi connectivity index (χ1) is 10.3. The first-order valence-corrected chi connectivity index (χ1v) is 8.87. The summed E-state index contributed by atoms with van der Waals surface area (Å²) in [6, 6.07) is 8.62. The molecule has 1 atom stereocenters. The average molecular weight is 428 g/mol. The van der Waals surface area contributed by atoms with Crippen molar-refractivity contribution in [1.29, 1.82) is 0 Å². The summed E-state index contributed by atoms with van der Waals surface area (Å²) in [5.41, 5.74) is 5.50.